The standard InChI is InChI=1S/C13H21BrN2O/c1-4-15-10-11-5-6-12(14)9-13(11)16(2)7-8-17-3/h5-6,9,15H,4,7-8,10H2,1-3H3. The Bertz CT molecular complexity index is 344. The van der Waals surface area contributed by atoms with E-state index in [9.17, 15) is 0 Å². The van der Waals surface area contributed by atoms with Crippen LogP contribution >= 0.6 is 15.9 Å². The van der Waals surface area contributed by atoms with Gasteiger partial charge in [0.25, 0.3) is 0 Å². The van der Waals surface area contributed by atoms with E-state index >= 15 is 0 Å². The molecule has 1 aromatic carbocycles. The minimum atomic E-state index is 0.740. The van der Waals surface area contributed by atoms with Crippen molar-refractivity contribution in [3.05, 3.63) is 28.2 Å². The summed E-state index contributed by atoms with van der Waals surface area (Å²) in [6.07, 6.45) is 0. The lowest BCUT2D eigenvalue weighted by Gasteiger charge is -2.22. The van der Waals surface area contributed by atoms with Gasteiger partial charge in [-0.25, -0.2) is 0 Å². The molecule has 0 aliphatic rings. The van der Waals surface area contributed by atoms with Gasteiger partial charge in [0.15, 0.2) is 0 Å². The fraction of sp³-hybridized carbons (Fsp3) is 0.538. The van der Waals surface area contributed by atoms with E-state index < -0.39 is 0 Å². The lowest BCUT2D eigenvalue weighted by Crippen LogP contribution is -2.24. The Morgan fingerprint density at radius 2 is 2.18 bits per heavy atom. The number of ether oxygens (including phenoxy) is 1. The maximum atomic E-state index is 5.12. The van der Waals surface area contributed by atoms with Crippen LogP contribution in [0, 0.1) is 0 Å². The van der Waals surface area contributed by atoms with Gasteiger partial charge >= 0.3 is 0 Å². The fourth-order valence-electron chi connectivity index (χ4n) is 1.65. The number of rotatable bonds is 7. The molecular formula is C13H21BrN2O. The van der Waals surface area contributed by atoms with E-state index in [1.165, 1.54) is 11.3 Å². The van der Waals surface area contributed by atoms with Gasteiger partial charge in [0.1, 0.15) is 0 Å². The zero-order chi connectivity index (χ0) is 12.7. The second-order valence-electron chi connectivity index (χ2n) is 3.97. The molecule has 17 heavy (non-hydrogen) atoms. The van der Waals surface area contributed by atoms with Gasteiger partial charge in [-0.15, -0.1) is 0 Å². The van der Waals surface area contributed by atoms with E-state index in [0.717, 1.165) is 30.7 Å². The van der Waals surface area contributed by atoms with Crippen molar-refractivity contribution < 1.29 is 4.74 Å². The maximum absolute atomic E-state index is 5.12. The van der Waals surface area contributed by atoms with E-state index in [2.05, 4.69) is 58.3 Å². The highest BCUT2D eigenvalue weighted by molar-refractivity contribution is 9.10. The normalized spacial score (nSPS) is 10.6. The highest BCUT2D eigenvalue weighted by atomic mass is 79.9. The molecule has 0 radical (unpaired) electrons. The highest BCUT2D eigenvalue weighted by Gasteiger charge is 2.07. The molecule has 0 bridgehead atoms. The number of benzene rings is 1. The van der Waals surface area contributed by atoms with Crippen LogP contribution in [0.15, 0.2) is 22.7 Å². The number of likely N-dealkylation sites (N-methyl/N-ethyl adjacent to an activating group) is 1. The summed E-state index contributed by atoms with van der Waals surface area (Å²) in [5, 5.41) is 3.36. The molecule has 1 N–H and O–H groups in total. The van der Waals surface area contributed by atoms with Gasteiger partial charge in [-0.05, 0) is 24.2 Å². The summed E-state index contributed by atoms with van der Waals surface area (Å²) in [4.78, 5) is 2.22. The van der Waals surface area contributed by atoms with Crippen LogP contribution in [-0.4, -0.2) is 33.9 Å². The zero-order valence-electron chi connectivity index (χ0n) is 10.8. The van der Waals surface area contributed by atoms with Gasteiger partial charge < -0.3 is 15.0 Å². The van der Waals surface area contributed by atoms with Crippen LogP contribution in [0.1, 0.15) is 12.5 Å². The number of anilines is 1. The van der Waals surface area contributed by atoms with Crippen molar-refractivity contribution in [1.82, 2.24) is 5.32 Å². The smallest absolute Gasteiger partial charge is 0.0637 e. The van der Waals surface area contributed by atoms with Crippen molar-refractivity contribution in [3.8, 4) is 0 Å². The second kappa shape index (κ2) is 7.69. The molecule has 0 saturated heterocycles. The molecule has 0 aliphatic carbocycles. The van der Waals surface area contributed by atoms with E-state index in [4.69, 9.17) is 4.74 Å². The van der Waals surface area contributed by atoms with Crippen LogP contribution in [0.3, 0.4) is 0 Å². The first-order chi connectivity index (χ1) is 8.19. The van der Waals surface area contributed by atoms with E-state index in [0.29, 0.717) is 0 Å². The fourth-order valence-corrected chi connectivity index (χ4v) is 2.00. The maximum Gasteiger partial charge on any atom is 0.0637 e. The molecule has 4 heteroatoms. The number of nitrogens with one attached hydrogen (secondary N) is 1. The Morgan fingerprint density at radius 3 is 2.82 bits per heavy atom. The van der Waals surface area contributed by atoms with Gasteiger partial charge in [-0.1, -0.05) is 28.9 Å². The van der Waals surface area contributed by atoms with Gasteiger partial charge in [0.2, 0.25) is 0 Å². The van der Waals surface area contributed by atoms with Gasteiger partial charge in [-0.3, -0.25) is 0 Å². The Hall–Kier alpha value is -0.580. The highest BCUT2D eigenvalue weighted by Crippen LogP contribution is 2.24. The second-order valence-corrected chi connectivity index (χ2v) is 4.88. The minimum Gasteiger partial charge on any atom is -0.383 e. The zero-order valence-corrected chi connectivity index (χ0v) is 12.4. The van der Waals surface area contributed by atoms with Crippen molar-refractivity contribution in [1.29, 1.82) is 0 Å². The summed E-state index contributed by atoms with van der Waals surface area (Å²) in [5.74, 6) is 0. The molecule has 0 aromatic heterocycles. The molecular weight excluding hydrogens is 280 g/mol. The predicted octanol–water partition coefficient (Wildman–Crippen LogP) is 2.64. The summed E-state index contributed by atoms with van der Waals surface area (Å²) in [7, 11) is 3.82. The van der Waals surface area contributed by atoms with Crippen LogP contribution in [0.25, 0.3) is 0 Å². The Balaban J connectivity index is 2.81. The molecule has 0 heterocycles. The molecule has 0 amide bonds. The lowest BCUT2D eigenvalue weighted by molar-refractivity contribution is 0.206. The first-order valence-corrected chi connectivity index (χ1v) is 6.67. The summed E-state index contributed by atoms with van der Waals surface area (Å²) < 4.78 is 6.22. The molecule has 3 nitrogen and oxygen atoms in total. The summed E-state index contributed by atoms with van der Waals surface area (Å²) in [5.41, 5.74) is 2.56. The molecule has 0 saturated carbocycles. The molecule has 0 fully saturated rings. The molecule has 0 aliphatic heterocycles. The van der Waals surface area contributed by atoms with Crippen LogP contribution in [0.5, 0.6) is 0 Å². The third-order valence-electron chi connectivity index (χ3n) is 2.65. The Morgan fingerprint density at radius 1 is 1.41 bits per heavy atom. The number of hydrogen-bond acceptors (Lipinski definition) is 3. The van der Waals surface area contributed by atoms with E-state index in [-0.39, 0.29) is 0 Å². The largest absolute Gasteiger partial charge is 0.383 e. The molecule has 1 aromatic rings. The topological polar surface area (TPSA) is 24.5 Å². The first-order valence-electron chi connectivity index (χ1n) is 5.88. The van der Waals surface area contributed by atoms with E-state index in [1.807, 2.05) is 0 Å². The molecule has 0 atom stereocenters. The molecule has 0 spiro atoms. The third kappa shape index (κ3) is 4.66. The van der Waals surface area contributed by atoms with Crippen molar-refractivity contribution in [2.45, 2.75) is 13.5 Å². The number of halogens is 1. The van der Waals surface area contributed by atoms with E-state index in [1.54, 1.807) is 7.11 Å². The quantitative estimate of drug-likeness (QED) is 0.838. The molecule has 96 valence electrons. The van der Waals surface area contributed by atoms with Crippen molar-refractivity contribution in [3.63, 3.8) is 0 Å². The monoisotopic (exact) mass is 300 g/mol. The number of methoxy groups -OCH3 is 1. The van der Waals surface area contributed by atoms with Crippen molar-refractivity contribution in [2.75, 3.05) is 38.8 Å². The van der Waals surface area contributed by atoms with Crippen LogP contribution in [0.2, 0.25) is 0 Å². The van der Waals surface area contributed by atoms with Gasteiger partial charge in [0, 0.05) is 37.4 Å². The Kier molecular flexibility index (Phi) is 6.55. The Labute approximate surface area is 112 Å². The summed E-state index contributed by atoms with van der Waals surface area (Å²) >= 11 is 3.52. The summed E-state index contributed by atoms with van der Waals surface area (Å²) in [6.45, 7) is 5.64. The van der Waals surface area contributed by atoms with Crippen LogP contribution in [-0.2, 0) is 11.3 Å². The minimum absolute atomic E-state index is 0.740. The SMILES string of the molecule is CCNCc1ccc(Br)cc1N(C)CCOC. The number of hydrogen-bond donors (Lipinski definition) is 1. The van der Waals surface area contributed by atoms with Crippen molar-refractivity contribution >= 4 is 21.6 Å². The average Bonchev–Trinajstić information content (AvgIpc) is 2.34. The predicted molar refractivity (Wildman–Crippen MR) is 76.7 cm³/mol. The number of nitrogens with zero attached hydrogens (tertiary/aromatic N) is 1. The third-order valence-corrected chi connectivity index (χ3v) is 3.15. The summed E-state index contributed by atoms with van der Waals surface area (Å²) in [6, 6.07) is 6.40. The first kappa shape index (κ1) is 14.5. The molecule has 1 rings (SSSR count). The van der Waals surface area contributed by atoms with Crippen LogP contribution in [0.4, 0.5) is 5.69 Å². The van der Waals surface area contributed by atoms with Crippen LogP contribution < -0.4 is 10.2 Å². The lowest BCUT2D eigenvalue weighted by atomic mass is 10.1. The van der Waals surface area contributed by atoms with Gasteiger partial charge in [-0.2, -0.15) is 0 Å². The molecule has 0 unspecified atom stereocenters. The average molecular weight is 301 g/mol. The van der Waals surface area contributed by atoms with Crippen molar-refractivity contribution in [2.24, 2.45) is 0 Å². The van der Waals surface area contributed by atoms with Gasteiger partial charge in [0.05, 0.1) is 6.61 Å².